The maximum absolute atomic E-state index is 11.9. The zero-order chi connectivity index (χ0) is 27.4. The Hall–Kier alpha value is -1.34. The van der Waals surface area contributed by atoms with E-state index in [4.69, 9.17) is 16.9 Å². The molecule has 0 fully saturated rings. The second-order valence-electron chi connectivity index (χ2n) is 7.88. The Balaban J connectivity index is 0.00000361. The third-order valence-corrected chi connectivity index (χ3v) is 7.99. The molecular formula is C21H19N3Na2O9S3. The van der Waals surface area contributed by atoms with Crippen LogP contribution in [-0.4, -0.2) is 44.6 Å². The fourth-order valence-corrected chi connectivity index (χ4v) is 5.65. The monoisotopic (exact) mass is 599 g/mol. The number of aryl methyl sites for hydroxylation is 1. The van der Waals surface area contributed by atoms with Crippen LogP contribution in [0.1, 0.15) is 23.6 Å². The van der Waals surface area contributed by atoms with E-state index in [-0.39, 0.29) is 104 Å². The predicted molar refractivity (Wildman–Crippen MR) is 130 cm³/mol. The Bertz CT molecular complexity index is 1760. The first-order chi connectivity index (χ1) is 16.3. The van der Waals surface area contributed by atoms with E-state index in [0.717, 1.165) is 24.3 Å². The molecule has 0 radical (unpaired) electrons. The van der Waals surface area contributed by atoms with Crippen molar-refractivity contribution in [2.24, 2.45) is 0 Å². The molecule has 2 aromatic rings. The third-order valence-electron chi connectivity index (χ3n) is 5.34. The molecule has 0 atom stereocenters. The maximum Gasteiger partial charge on any atom is 1.00 e. The maximum atomic E-state index is 11.9. The number of anilines is 2. The molecule has 0 amide bonds. The van der Waals surface area contributed by atoms with E-state index in [1.165, 1.54) is 32.1 Å². The number of hydrogen-bond acceptors (Lipinski definition) is 11. The van der Waals surface area contributed by atoms with Crippen LogP contribution < -0.4 is 70.6 Å². The molecule has 0 bridgehead atoms. The molecule has 1 aliphatic rings. The van der Waals surface area contributed by atoms with E-state index in [9.17, 15) is 38.9 Å². The molecule has 17 heteroatoms. The Morgan fingerprint density at radius 3 is 1.87 bits per heavy atom. The van der Waals surface area contributed by atoms with Gasteiger partial charge in [-0.05, 0) is 83.7 Å². The summed E-state index contributed by atoms with van der Waals surface area (Å²) in [5.41, 5.74) is 10.3. The van der Waals surface area contributed by atoms with Crippen molar-refractivity contribution in [3.8, 4) is 0 Å². The summed E-state index contributed by atoms with van der Waals surface area (Å²) >= 11 is 0. The van der Waals surface area contributed by atoms with E-state index in [2.05, 4.69) is 0 Å². The van der Waals surface area contributed by atoms with Gasteiger partial charge >= 0.3 is 59.1 Å². The molecule has 0 heterocycles. The van der Waals surface area contributed by atoms with Crippen molar-refractivity contribution in [2.75, 3.05) is 11.5 Å². The van der Waals surface area contributed by atoms with E-state index < -0.39 is 50.8 Å². The van der Waals surface area contributed by atoms with E-state index in [1.807, 2.05) is 0 Å². The average Bonchev–Trinajstić information content (AvgIpc) is 2.71. The van der Waals surface area contributed by atoms with Crippen LogP contribution >= 0.6 is 0 Å². The van der Waals surface area contributed by atoms with Gasteiger partial charge < -0.3 is 20.6 Å². The van der Waals surface area contributed by atoms with Crippen molar-refractivity contribution in [2.45, 2.75) is 23.6 Å². The number of hydrogen-bond donors (Lipinski definition) is 4. The quantitative estimate of drug-likeness (QED) is 0.145. The minimum absolute atomic E-state index is 0. The summed E-state index contributed by atoms with van der Waals surface area (Å²) in [5.74, 6) is 0. The van der Waals surface area contributed by atoms with Crippen LogP contribution in [0.25, 0.3) is 5.57 Å². The van der Waals surface area contributed by atoms with Crippen molar-refractivity contribution in [3.63, 3.8) is 0 Å². The Morgan fingerprint density at radius 2 is 1.37 bits per heavy atom. The van der Waals surface area contributed by atoms with Crippen molar-refractivity contribution in [1.29, 1.82) is 5.41 Å². The molecule has 38 heavy (non-hydrogen) atoms. The molecule has 1 aliphatic carbocycles. The number of benzene rings is 2. The van der Waals surface area contributed by atoms with Crippen molar-refractivity contribution in [1.82, 2.24) is 0 Å². The number of nitrogen functional groups attached to an aromatic ring is 2. The molecule has 0 aromatic heterocycles. The summed E-state index contributed by atoms with van der Waals surface area (Å²) in [6.07, 6.45) is 2.24. The van der Waals surface area contributed by atoms with Crippen LogP contribution in [0.4, 0.5) is 11.4 Å². The van der Waals surface area contributed by atoms with Gasteiger partial charge in [-0.3, -0.25) is 9.96 Å². The first-order valence-electron chi connectivity index (χ1n) is 9.75. The van der Waals surface area contributed by atoms with Crippen LogP contribution in [0.15, 0.2) is 68.3 Å². The molecule has 6 N–H and O–H groups in total. The van der Waals surface area contributed by atoms with Crippen molar-refractivity contribution < 1.29 is 98.0 Å². The Morgan fingerprint density at radius 1 is 0.842 bits per heavy atom. The topological polar surface area (TPSA) is 245 Å². The van der Waals surface area contributed by atoms with Gasteiger partial charge in [0.15, 0.2) is 0 Å². The molecule has 192 valence electrons. The second-order valence-corrected chi connectivity index (χ2v) is 12.0. The molecule has 2 aromatic carbocycles. The van der Waals surface area contributed by atoms with Gasteiger partial charge in [0, 0.05) is 5.69 Å². The number of nitrogens with one attached hydrogen (secondary N) is 1. The Kier molecular flexibility index (Phi) is 11.0. The average molecular weight is 600 g/mol. The molecule has 0 spiro atoms. The third kappa shape index (κ3) is 7.24. The summed E-state index contributed by atoms with van der Waals surface area (Å²) in [7, 11) is -15.0. The van der Waals surface area contributed by atoms with Gasteiger partial charge in [0.1, 0.15) is 25.1 Å². The summed E-state index contributed by atoms with van der Waals surface area (Å²) < 4.78 is 104. The zero-order valence-corrected chi connectivity index (χ0v) is 27.1. The van der Waals surface area contributed by atoms with Crippen molar-refractivity contribution in [3.05, 3.63) is 75.2 Å². The zero-order valence-electron chi connectivity index (χ0n) is 20.6. The van der Waals surface area contributed by atoms with Crippen LogP contribution in [0, 0.1) is 12.3 Å². The van der Waals surface area contributed by atoms with Crippen LogP contribution in [0.3, 0.4) is 0 Å². The smallest absolute Gasteiger partial charge is 0.744 e. The van der Waals surface area contributed by atoms with E-state index in [1.54, 1.807) is 0 Å². The van der Waals surface area contributed by atoms with Gasteiger partial charge in [0.05, 0.1) is 21.2 Å². The summed E-state index contributed by atoms with van der Waals surface area (Å²) in [6, 6.07) is 5.57. The van der Waals surface area contributed by atoms with Gasteiger partial charge in [-0.15, -0.1) is 0 Å². The minimum Gasteiger partial charge on any atom is -0.744 e. The first-order valence-corrected chi connectivity index (χ1v) is 14.0. The fourth-order valence-electron chi connectivity index (χ4n) is 3.63. The van der Waals surface area contributed by atoms with Gasteiger partial charge in [-0.25, -0.2) is 16.8 Å². The first kappa shape index (κ1) is 34.7. The van der Waals surface area contributed by atoms with Crippen molar-refractivity contribution >= 4 is 53.0 Å². The molecular weight excluding hydrogens is 580 g/mol. The van der Waals surface area contributed by atoms with Crippen LogP contribution in [0.5, 0.6) is 0 Å². The van der Waals surface area contributed by atoms with Gasteiger partial charge in [0.2, 0.25) is 0 Å². The van der Waals surface area contributed by atoms with Crippen LogP contribution in [-0.2, 0) is 30.4 Å². The molecule has 0 aliphatic heterocycles. The summed E-state index contributed by atoms with van der Waals surface area (Å²) in [4.78, 5) is -2.37. The van der Waals surface area contributed by atoms with E-state index >= 15 is 0 Å². The predicted octanol–water partition coefficient (Wildman–Crippen LogP) is -4.47. The Labute approximate surface area is 264 Å². The number of rotatable bonds is 5. The van der Waals surface area contributed by atoms with E-state index in [0.29, 0.717) is 0 Å². The SMILES string of the molecule is CC1=CC(=C(c2ccc(N)c(S(=O)(=O)[O-])c2)c2cc(C)c(N)c(S(=O)(=O)[O-])c2)C=C(S(=O)(=O)O)C1=N.[Na+].[Na+]. The van der Waals surface area contributed by atoms with Gasteiger partial charge in [0.25, 0.3) is 10.1 Å². The standard InChI is InChI=1S/C21H21N3O9S3.2Na/c1-10-5-13(8-17(20(10)23)35(28,29)30)19(12-3-4-15(22)16(7-12)34(25,26)27)14-6-11(2)21(24)18(9-14)36(31,32)33;;/h3-9,23H,22,24H2,1-2H3,(H,25,26,27)(H,28,29,30)(H,31,32,33);;/q;2*+1/p-2. The second kappa shape index (κ2) is 12.0. The van der Waals surface area contributed by atoms with Gasteiger partial charge in [-0.1, -0.05) is 6.07 Å². The normalized spacial score (nSPS) is 15.6. The summed E-state index contributed by atoms with van der Waals surface area (Å²) in [5, 5.41) is 8.00. The molecule has 0 saturated carbocycles. The minimum atomic E-state index is -5.08. The number of allylic oxidation sites excluding steroid dienone is 5. The van der Waals surface area contributed by atoms with Gasteiger partial charge in [-0.2, -0.15) is 8.42 Å². The molecule has 0 saturated heterocycles. The fraction of sp³-hybridized carbons (Fsp3) is 0.0952. The molecule has 0 unspecified atom stereocenters. The molecule has 3 rings (SSSR count). The summed E-state index contributed by atoms with van der Waals surface area (Å²) in [6.45, 7) is 2.78. The number of nitrogens with two attached hydrogens (primary N) is 2. The van der Waals surface area contributed by atoms with Crippen LogP contribution in [0.2, 0.25) is 0 Å². The molecule has 12 nitrogen and oxygen atoms in total. The largest absolute Gasteiger partial charge is 1.00 e.